The molecule has 0 saturated carbocycles. The van der Waals surface area contributed by atoms with Gasteiger partial charge in [0, 0.05) is 23.8 Å². The summed E-state index contributed by atoms with van der Waals surface area (Å²) in [6.45, 7) is 3.40. The van der Waals surface area contributed by atoms with Crippen molar-refractivity contribution in [3.63, 3.8) is 0 Å². The van der Waals surface area contributed by atoms with Crippen molar-refractivity contribution < 1.29 is 24.7 Å². The Morgan fingerprint density at radius 3 is 2.52 bits per heavy atom. The number of non-ortho nitro benzene ring substituents is 1. The smallest absolute Gasteiger partial charge is 0.334 e. The first kappa shape index (κ1) is 18.3. The molecule has 0 fully saturated rings. The number of carboxylic acid groups (broad SMARTS) is 2. The minimum absolute atomic E-state index is 0.111. The first-order valence-corrected chi connectivity index (χ1v) is 7.76. The van der Waals surface area contributed by atoms with E-state index in [9.17, 15) is 29.9 Å². The predicted octanol–water partition coefficient (Wildman–Crippen LogP) is 2.99. The van der Waals surface area contributed by atoms with Gasteiger partial charge in [0.1, 0.15) is 5.92 Å². The van der Waals surface area contributed by atoms with Crippen LogP contribution >= 0.6 is 0 Å². The molecule has 2 atom stereocenters. The summed E-state index contributed by atoms with van der Waals surface area (Å²) >= 11 is 0. The van der Waals surface area contributed by atoms with Gasteiger partial charge in [0.15, 0.2) is 0 Å². The molecule has 0 aromatic heterocycles. The van der Waals surface area contributed by atoms with Crippen molar-refractivity contribution >= 4 is 23.3 Å². The molecule has 8 nitrogen and oxygen atoms in total. The Morgan fingerprint density at radius 2 is 2.00 bits per heavy atom. The predicted molar refractivity (Wildman–Crippen MR) is 89.6 cm³/mol. The van der Waals surface area contributed by atoms with Gasteiger partial charge in [-0.1, -0.05) is 25.5 Å². The molecule has 2 rings (SSSR count). The zero-order valence-electron chi connectivity index (χ0n) is 13.8. The van der Waals surface area contributed by atoms with E-state index < -0.39 is 28.7 Å². The number of hydrogen-bond donors (Lipinski definition) is 2. The van der Waals surface area contributed by atoms with Crippen LogP contribution < -0.4 is 0 Å². The van der Waals surface area contributed by atoms with Gasteiger partial charge in [-0.3, -0.25) is 19.9 Å². The maximum atomic E-state index is 11.9. The first-order valence-electron chi connectivity index (χ1n) is 7.76. The summed E-state index contributed by atoms with van der Waals surface area (Å²) in [7, 11) is 0. The molecule has 2 N–H and O–H groups in total. The molecule has 2 unspecified atom stereocenters. The molecule has 0 saturated heterocycles. The second kappa shape index (κ2) is 7.25. The van der Waals surface area contributed by atoms with Crippen LogP contribution in [-0.4, -0.2) is 32.8 Å². The van der Waals surface area contributed by atoms with E-state index in [-0.39, 0.29) is 22.5 Å². The number of carboxylic acids is 2. The Kier molecular flexibility index (Phi) is 5.31. The van der Waals surface area contributed by atoms with Gasteiger partial charge in [0.25, 0.3) is 5.69 Å². The lowest BCUT2D eigenvalue weighted by atomic mass is 9.75. The van der Waals surface area contributed by atoms with E-state index in [0.29, 0.717) is 18.5 Å². The fourth-order valence-corrected chi connectivity index (χ4v) is 3.13. The summed E-state index contributed by atoms with van der Waals surface area (Å²) in [5.74, 6) is -4.70. The zero-order valence-corrected chi connectivity index (χ0v) is 13.8. The number of nitrogens with zero attached hydrogens (tertiary/aromatic N) is 2. The van der Waals surface area contributed by atoms with Crippen LogP contribution in [0.2, 0.25) is 0 Å². The van der Waals surface area contributed by atoms with Crippen molar-refractivity contribution in [2.45, 2.75) is 32.6 Å². The standard InChI is InChI=1S/C17H18N2O6/c1-3-5-12-15(17(22)23)14(13(16(20)21)9(2)18-12)10-6-4-7-11(8-10)19(24)25/h4,6-8,13-14H,3,5H2,1-2H3,(H,20,21)(H,22,23). The molecule has 1 aromatic carbocycles. The number of allylic oxidation sites excluding steroid dienone is 1. The third-order valence-corrected chi connectivity index (χ3v) is 4.14. The largest absolute Gasteiger partial charge is 0.481 e. The number of nitro groups is 1. The Hall–Kier alpha value is -3.03. The van der Waals surface area contributed by atoms with E-state index in [2.05, 4.69) is 4.99 Å². The first-order chi connectivity index (χ1) is 11.8. The summed E-state index contributed by atoms with van der Waals surface area (Å²) in [6.07, 6.45) is 1.03. The molecule has 132 valence electrons. The highest BCUT2D eigenvalue weighted by Gasteiger charge is 2.41. The molecule has 1 aliphatic rings. The average molecular weight is 346 g/mol. The summed E-state index contributed by atoms with van der Waals surface area (Å²) in [5.41, 5.74) is 0.560. The molecule has 0 spiro atoms. The van der Waals surface area contributed by atoms with Crippen LogP contribution in [0, 0.1) is 16.0 Å². The summed E-state index contributed by atoms with van der Waals surface area (Å²) < 4.78 is 0. The monoisotopic (exact) mass is 346 g/mol. The minimum Gasteiger partial charge on any atom is -0.481 e. The fraction of sp³-hybridized carbons (Fsp3) is 0.353. The number of hydrogen-bond acceptors (Lipinski definition) is 5. The lowest BCUT2D eigenvalue weighted by Gasteiger charge is -2.30. The molecule has 1 aromatic rings. The van der Waals surface area contributed by atoms with Crippen LogP contribution in [-0.2, 0) is 9.59 Å². The fourth-order valence-electron chi connectivity index (χ4n) is 3.13. The summed E-state index contributed by atoms with van der Waals surface area (Å²) in [5, 5.41) is 30.3. The van der Waals surface area contributed by atoms with Gasteiger partial charge in [-0.15, -0.1) is 0 Å². The second-order valence-electron chi connectivity index (χ2n) is 5.81. The maximum absolute atomic E-state index is 11.9. The van der Waals surface area contributed by atoms with Gasteiger partial charge in [-0.25, -0.2) is 4.79 Å². The van der Waals surface area contributed by atoms with Crippen LogP contribution in [0.25, 0.3) is 0 Å². The van der Waals surface area contributed by atoms with Crippen LogP contribution in [0.1, 0.15) is 38.2 Å². The van der Waals surface area contributed by atoms with Crippen molar-refractivity contribution in [3.8, 4) is 0 Å². The van der Waals surface area contributed by atoms with E-state index in [1.54, 1.807) is 0 Å². The number of aliphatic carboxylic acids is 2. The van der Waals surface area contributed by atoms with Crippen LogP contribution in [0.4, 0.5) is 5.69 Å². The highest BCUT2D eigenvalue weighted by atomic mass is 16.6. The molecular formula is C17H18N2O6. The van der Waals surface area contributed by atoms with Crippen molar-refractivity contribution in [3.05, 3.63) is 51.2 Å². The highest BCUT2D eigenvalue weighted by Crippen LogP contribution is 2.41. The molecule has 1 heterocycles. The van der Waals surface area contributed by atoms with Crippen LogP contribution in [0.15, 0.2) is 40.5 Å². The third-order valence-electron chi connectivity index (χ3n) is 4.14. The molecule has 0 radical (unpaired) electrons. The Bertz CT molecular complexity index is 796. The van der Waals surface area contributed by atoms with E-state index in [1.165, 1.54) is 31.2 Å². The molecule has 0 bridgehead atoms. The molecule has 1 aliphatic heterocycles. The molecule has 25 heavy (non-hydrogen) atoms. The Labute approximate surface area is 143 Å². The van der Waals surface area contributed by atoms with Crippen molar-refractivity contribution in [2.75, 3.05) is 0 Å². The lowest BCUT2D eigenvalue weighted by Crippen LogP contribution is -2.35. The number of carbonyl (C=O) groups is 2. The number of aliphatic imine (C=N–C) groups is 1. The maximum Gasteiger partial charge on any atom is 0.334 e. The van der Waals surface area contributed by atoms with Gasteiger partial charge >= 0.3 is 11.9 Å². The normalized spacial score (nSPS) is 20.2. The van der Waals surface area contributed by atoms with Gasteiger partial charge in [-0.2, -0.15) is 0 Å². The van der Waals surface area contributed by atoms with E-state index in [1.807, 2.05) is 6.92 Å². The number of benzene rings is 1. The van der Waals surface area contributed by atoms with E-state index >= 15 is 0 Å². The van der Waals surface area contributed by atoms with Crippen LogP contribution in [0.3, 0.4) is 0 Å². The number of rotatable bonds is 6. The average Bonchev–Trinajstić information content (AvgIpc) is 2.53. The molecule has 0 aliphatic carbocycles. The summed E-state index contributed by atoms with van der Waals surface area (Å²) in [4.78, 5) is 38.3. The van der Waals surface area contributed by atoms with Gasteiger partial charge < -0.3 is 10.2 Å². The van der Waals surface area contributed by atoms with Gasteiger partial charge in [0.2, 0.25) is 0 Å². The zero-order chi connectivity index (χ0) is 18.7. The number of nitro benzene ring substituents is 1. The van der Waals surface area contributed by atoms with Crippen molar-refractivity contribution in [1.82, 2.24) is 0 Å². The second-order valence-corrected chi connectivity index (χ2v) is 5.81. The summed E-state index contributed by atoms with van der Waals surface area (Å²) in [6, 6.07) is 5.44. The van der Waals surface area contributed by atoms with Crippen molar-refractivity contribution in [1.29, 1.82) is 0 Å². The minimum atomic E-state index is -1.26. The molecule has 0 amide bonds. The SMILES string of the molecule is CCCC1=C(C(=O)O)C(c2cccc([N+](=O)[O-])c2)C(C(=O)O)C(C)=N1. The Balaban J connectivity index is 2.72. The van der Waals surface area contributed by atoms with E-state index in [4.69, 9.17) is 0 Å². The third kappa shape index (κ3) is 3.57. The van der Waals surface area contributed by atoms with E-state index in [0.717, 1.165) is 0 Å². The van der Waals surface area contributed by atoms with Crippen molar-refractivity contribution in [2.24, 2.45) is 10.9 Å². The van der Waals surface area contributed by atoms with Gasteiger partial charge in [-0.05, 0) is 18.9 Å². The topological polar surface area (TPSA) is 130 Å². The quantitative estimate of drug-likeness (QED) is 0.601. The van der Waals surface area contributed by atoms with Crippen LogP contribution in [0.5, 0.6) is 0 Å². The van der Waals surface area contributed by atoms with Gasteiger partial charge in [0.05, 0.1) is 16.2 Å². The Morgan fingerprint density at radius 1 is 1.32 bits per heavy atom. The molecular weight excluding hydrogens is 328 g/mol. The molecule has 8 heteroatoms. The lowest BCUT2D eigenvalue weighted by molar-refractivity contribution is -0.384. The highest BCUT2D eigenvalue weighted by molar-refractivity contribution is 6.06.